The molecule has 0 atom stereocenters. The highest BCUT2D eigenvalue weighted by Crippen LogP contribution is 2.20. The van der Waals surface area contributed by atoms with Gasteiger partial charge in [-0.2, -0.15) is 0 Å². The first-order chi connectivity index (χ1) is 12.0. The summed E-state index contributed by atoms with van der Waals surface area (Å²) < 4.78 is 0. The number of piperazine rings is 1. The minimum absolute atomic E-state index is 0. The van der Waals surface area contributed by atoms with Crippen LogP contribution in [0.4, 0.5) is 5.69 Å². The number of amides is 1. The number of hydrogen-bond donors (Lipinski definition) is 1. The molecule has 2 rings (SSSR count). The molecule has 1 aromatic rings. The number of carbonyl (C=O) groups excluding carboxylic acids is 1. The van der Waals surface area contributed by atoms with E-state index in [2.05, 4.69) is 32.8 Å². The van der Waals surface area contributed by atoms with Crippen LogP contribution in [0.2, 0.25) is 5.02 Å². The topological polar surface area (TPSA) is 51.2 Å². The molecular weight excluding hydrogens is 465 g/mol. The molecule has 1 heterocycles. The van der Waals surface area contributed by atoms with Gasteiger partial charge < -0.3 is 20.0 Å². The molecule has 0 radical (unpaired) electrons. The number of nitrogens with zero attached hydrogens (tertiary/aromatic N) is 4. The van der Waals surface area contributed by atoms with E-state index in [1.54, 1.807) is 25.1 Å². The summed E-state index contributed by atoms with van der Waals surface area (Å²) in [6.45, 7) is 7.88. The third-order valence-corrected chi connectivity index (χ3v) is 4.26. The molecule has 144 valence electrons. The maximum Gasteiger partial charge on any atom is 0.243 e. The second-order valence-electron chi connectivity index (χ2n) is 6.05. The highest BCUT2D eigenvalue weighted by atomic mass is 127. The smallest absolute Gasteiger partial charge is 0.243 e. The number of likely N-dealkylation sites (N-methyl/N-ethyl adjacent to an activating group) is 1. The number of aliphatic imine (C=N–C) groups is 1. The Bertz CT molecular complexity index is 630. The summed E-state index contributed by atoms with van der Waals surface area (Å²) in [5.74, 6) is 0.733. The van der Waals surface area contributed by atoms with Crippen LogP contribution in [0.3, 0.4) is 0 Å². The lowest BCUT2D eigenvalue weighted by atomic mass is 10.2. The number of halogens is 2. The Balaban J connectivity index is 0.00000338. The number of nitrogens with one attached hydrogen (secondary N) is 1. The molecule has 0 aliphatic carbocycles. The molecule has 1 N–H and O–H groups in total. The van der Waals surface area contributed by atoms with E-state index in [1.807, 2.05) is 18.2 Å². The van der Waals surface area contributed by atoms with Gasteiger partial charge in [-0.05, 0) is 18.2 Å². The van der Waals surface area contributed by atoms with Crippen LogP contribution in [0.15, 0.2) is 41.9 Å². The molecule has 1 fully saturated rings. The molecule has 0 bridgehead atoms. The first-order valence-corrected chi connectivity index (χ1v) is 8.74. The van der Waals surface area contributed by atoms with E-state index in [9.17, 15) is 4.79 Å². The van der Waals surface area contributed by atoms with E-state index in [1.165, 1.54) is 0 Å². The van der Waals surface area contributed by atoms with Crippen LogP contribution in [0, 0.1) is 0 Å². The fraction of sp³-hybridized carbons (Fsp3) is 0.444. The molecule has 6 nitrogen and oxygen atoms in total. The van der Waals surface area contributed by atoms with Gasteiger partial charge in [-0.15, -0.1) is 30.6 Å². The Hall–Kier alpha value is -1.48. The predicted octanol–water partition coefficient (Wildman–Crippen LogP) is 2.30. The average molecular weight is 492 g/mol. The van der Waals surface area contributed by atoms with Gasteiger partial charge in [0.25, 0.3) is 0 Å². The first kappa shape index (κ1) is 22.6. The first-order valence-electron chi connectivity index (χ1n) is 8.36. The van der Waals surface area contributed by atoms with E-state index >= 15 is 0 Å². The molecule has 0 saturated carbocycles. The van der Waals surface area contributed by atoms with Gasteiger partial charge in [-0.25, -0.2) is 4.99 Å². The zero-order valence-electron chi connectivity index (χ0n) is 15.3. The molecule has 8 heteroatoms. The lowest BCUT2D eigenvalue weighted by Crippen LogP contribution is -2.52. The van der Waals surface area contributed by atoms with Crippen molar-refractivity contribution in [3.8, 4) is 0 Å². The molecule has 0 unspecified atom stereocenters. The number of hydrogen-bond acceptors (Lipinski definition) is 3. The zero-order valence-corrected chi connectivity index (χ0v) is 18.4. The zero-order chi connectivity index (χ0) is 18.2. The third-order valence-electron chi connectivity index (χ3n) is 4.02. The second-order valence-corrected chi connectivity index (χ2v) is 6.49. The number of benzene rings is 1. The quantitative estimate of drug-likeness (QED) is 0.297. The van der Waals surface area contributed by atoms with E-state index in [0.29, 0.717) is 6.54 Å². The number of guanidine groups is 1. The Morgan fingerprint density at radius 2 is 2.04 bits per heavy atom. The van der Waals surface area contributed by atoms with E-state index < -0.39 is 0 Å². The molecule has 1 aliphatic rings. The van der Waals surface area contributed by atoms with Crippen LogP contribution < -0.4 is 10.2 Å². The van der Waals surface area contributed by atoms with Crippen LogP contribution in [0.5, 0.6) is 0 Å². The van der Waals surface area contributed by atoms with Crippen molar-refractivity contribution in [2.75, 3.05) is 58.3 Å². The maximum absolute atomic E-state index is 11.8. The largest absolute Gasteiger partial charge is 0.368 e. The number of rotatable bonds is 5. The maximum atomic E-state index is 11.8. The highest BCUT2D eigenvalue weighted by molar-refractivity contribution is 14.0. The minimum Gasteiger partial charge on any atom is -0.368 e. The standard InChI is InChI=1S/C18H26ClN5O.HI/c1-4-8-20-18(21-14-17(25)22(2)3)24-11-9-23(10-12-24)16-7-5-6-15(19)13-16;/h4-7,13H,1,8-12,14H2,2-3H3,(H,20,21);1H. The fourth-order valence-electron chi connectivity index (χ4n) is 2.56. The van der Waals surface area contributed by atoms with Crippen molar-refractivity contribution in [1.82, 2.24) is 15.1 Å². The summed E-state index contributed by atoms with van der Waals surface area (Å²) in [7, 11) is 3.47. The molecule has 1 amide bonds. The van der Waals surface area contributed by atoms with Gasteiger partial charge in [0.05, 0.1) is 0 Å². The lowest BCUT2D eigenvalue weighted by molar-refractivity contribution is -0.127. The molecule has 0 aromatic heterocycles. The number of anilines is 1. The predicted molar refractivity (Wildman–Crippen MR) is 120 cm³/mol. The van der Waals surface area contributed by atoms with Crippen molar-refractivity contribution in [2.24, 2.45) is 4.99 Å². The van der Waals surface area contributed by atoms with Crippen molar-refractivity contribution >= 4 is 53.1 Å². The van der Waals surface area contributed by atoms with Crippen molar-refractivity contribution in [3.63, 3.8) is 0 Å². The Morgan fingerprint density at radius 1 is 1.35 bits per heavy atom. The summed E-state index contributed by atoms with van der Waals surface area (Å²) in [5.41, 5.74) is 1.13. The van der Waals surface area contributed by atoms with Gasteiger partial charge in [-0.3, -0.25) is 4.79 Å². The summed E-state index contributed by atoms with van der Waals surface area (Å²) in [6, 6.07) is 7.91. The summed E-state index contributed by atoms with van der Waals surface area (Å²) in [5, 5.41) is 3.99. The van der Waals surface area contributed by atoms with Crippen molar-refractivity contribution < 1.29 is 4.79 Å². The monoisotopic (exact) mass is 491 g/mol. The molecule has 26 heavy (non-hydrogen) atoms. The average Bonchev–Trinajstić information content (AvgIpc) is 2.61. The number of carbonyl (C=O) groups is 1. The van der Waals surface area contributed by atoms with Gasteiger partial charge in [0.2, 0.25) is 5.91 Å². The SMILES string of the molecule is C=CCNC(=NCC(=O)N(C)C)N1CCN(c2cccc(Cl)c2)CC1.I. The van der Waals surface area contributed by atoms with Crippen molar-refractivity contribution in [2.45, 2.75) is 0 Å². The van der Waals surface area contributed by atoms with Crippen LogP contribution in [-0.4, -0.2) is 75.0 Å². The molecule has 1 aliphatic heterocycles. The van der Waals surface area contributed by atoms with Gasteiger partial charge in [0.15, 0.2) is 5.96 Å². The van der Waals surface area contributed by atoms with E-state index in [4.69, 9.17) is 11.6 Å². The highest BCUT2D eigenvalue weighted by Gasteiger charge is 2.20. The summed E-state index contributed by atoms with van der Waals surface area (Å²) in [6.07, 6.45) is 1.78. The van der Waals surface area contributed by atoms with E-state index in [0.717, 1.165) is 42.8 Å². The van der Waals surface area contributed by atoms with E-state index in [-0.39, 0.29) is 36.4 Å². The van der Waals surface area contributed by atoms with Gasteiger partial charge in [0, 0.05) is 57.5 Å². The summed E-state index contributed by atoms with van der Waals surface area (Å²) in [4.78, 5) is 22.3. The van der Waals surface area contributed by atoms with Crippen molar-refractivity contribution in [3.05, 3.63) is 41.9 Å². The van der Waals surface area contributed by atoms with Crippen LogP contribution in [0.25, 0.3) is 0 Å². The molecule has 1 aromatic carbocycles. The van der Waals surface area contributed by atoms with Gasteiger partial charge >= 0.3 is 0 Å². The van der Waals surface area contributed by atoms with Crippen LogP contribution >= 0.6 is 35.6 Å². The molecular formula is C18H27ClIN5O. The molecule has 1 saturated heterocycles. The Labute approximate surface area is 177 Å². The van der Waals surface area contributed by atoms with Crippen LogP contribution in [-0.2, 0) is 4.79 Å². The Morgan fingerprint density at radius 3 is 2.62 bits per heavy atom. The fourth-order valence-corrected chi connectivity index (χ4v) is 2.75. The normalized spacial score (nSPS) is 14.5. The molecule has 0 spiro atoms. The second kappa shape index (κ2) is 11.3. The van der Waals surface area contributed by atoms with Crippen LogP contribution in [0.1, 0.15) is 0 Å². The summed E-state index contributed by atoms with van der Waals surface area (Å²) >= 11 is 6.09. The Kier molecular flexibility index (Phi) is 9.79. The van der Waals surface area contributed by atoms with Gasteiger partial charge in [-0.1, -0.05) is 23.7 Å². The lowest BCUT2D eigenvalue weighted by Gasteiger charge is -2.37. The van der Waals surface area contributed by atoms with Gasteiger partial charge in [0.1, 0.15) is 6.54 Å². The minimum atomic E-state index is -0.0181. The van der Waals surface area contributed by atoms with Crippen molar-refractivity contribution in [1.29, 1.82) is 0 Å². The third kappa shape index (κ3) is 6.68.